The van der Waals surface area contributed by atoms with E-state index in [1.807, 2.05) is 18.2 Å². The quantitative estimate of drug-likeness (QED) is 0.175. The summed E-state index contributed by atoms with van der Waals surface area (Å²) in [6, 6.07) is 12.4. The number of pyridine rings is 1. The molecule has 2 aliphatic heterocycles. The van der Waals surface area contributed by atoms with E-state index in [2.05, 4.69) is 52.5 Å². The van der Waals surface area contributed by atoms with Gasteiger partial charge in [0.2, 0.25) is 5.88 Å². The summed E-state index contributed by atoms with van der Waals surface area (Å²) < 4.78 is 34.1. The summed E-state index contributed by atoms with van der Waals surface area (Å²) in [4.78, 5) is 12.3. The molecule has 45 heavy (non-hydrogen) atoms. The van der Waals surface area contributed by atoms with Crippen LogP contribution >= 0.6 is 0 Å². The van der Waals surface area contributed by atoms with Crippen LogP contribution in [-0.2, 0) is 22.6 Å². The van der Waals surface area contributed by atoms with Gasteiger partial charge in [0.1, 0.15) is 18.3 Å². The van der Waals surface area contributed by atoms with Crippen LogP contribution in [0.4, 0.5) is 4.39 Å². The molecule has 0 spiro atoms. The molecule has 0 amide bonds. The first-order valence-corrected chi connectivity index (χ1v) is 15.9. The fourth-order valence-electron chi connectivity index (χ4n) is 6.14. The molecule has 0 bridgehead atoms. The Hall–Kier alpha value is -3.86. The predicted molar refractivity (Wildman–Crippen MR) is 174 cm³/mol. The van der Waals surface area contributed by atoms with Crippen LogP contribution in [0.1, 0.15) is 48.7 Å². The van der Waals surface area contributed by atoms with Gasteiger partial charge in [-0.05, 0) is 81.1 Å². The van der Waals surface area contributed by atoms with Crippen molar-refractivity contribution in [3.05, 3.63) is 88.8 Å². The van der Waals surface area contributed by atoms with Gasteiger partial charge in [-0.1, -0.05) is 18.2 Å². The molecule has 0 radical (unpaired) electrons. The highest BCUT2D eigenvalue weighted by molar-refractivity contribution is 5.77. The number of benzene rings is 1. The number of rotatable bonds is 13. The zero-order valence-electron chi connectivity index (χ0n) is 26.3. The smallest absolute Gasteiger partial charge is 0.213 e. The van der Waals surface area contributed by atoms with E-state index in [1.165, 1.54) is 17.2 Å². The maximum atomic E-state index is 14.9. The van der Waals surface area contributed by atoms with Gasteiger partial charge in [-0.3, -0.25) is 9.91 Å². The molecule has 9 nitrogen and oxygen atoms in total. The highest BCUT2D eigenvalue weighted by Gasteiger charge is 2.26. The molecule has 2 saturated heterocycles. The van der Waals surface area contributed by atoms with Gasteiger partial charge >= 0.3 is 0 Å². The zero-order valence-corrected chi connectivity index (χ0v) is 26.3. The lowest BCUT2D eigenvalue weighted by Gasteiger charge is -2.32. The topological polar surface area (TPSA) is 77.2 Å². The number of hydrazone groups is 1. The van der Waals surface area contributed by atoms with Crippen LogP contribution in [0.15, 0.2) is 76.8 Å². The maximum absolute atomic E-state index is 14.9. The summed E-state index contributed by atoms with van der Waals surface area (Å²) in [5, 5.41) is 5.60. The van der Waals surface area contributed by atoms with Crippen LogP contribution in [0.5, 0.6) is 5.88 Å². The summed E-state index contributed by atoms with van der Waals surface area (Å²) in [6.07, 6.45) is 9.17. The van der Waals surface area contributed by atoms with Gasteiger partial charge in [0.15, 0.2) is 0 Å². The zero-order chi connectivity index (χ0) is 31.2. The number of methoxy groups -OCH3 is 1. The molecule has 2 fully saturated rings. The number of halogens is 1. The number of likely N-dealkylation sites (tertiary alicyclic amines) is 1. The van der Waals surface area contributed by atoms with Crippen molar-refractivity contribution < 1.29 is 18.6 Å². The Morgan fingerprint density at radius 3 is 2.76 bits per heavy atom. The number of aromatic nitrogens is 3. The molecule has 1 aromatic carbocycles. The van der Waals surface area contributed by atoms with E-state index >= 15 is 0 Å². The van der Waals surface area contributed by atoms with E-state index in [-0.39, 0.29) is 18.5 Å². The first-order valence-electron chi connectivity index (χ1n) is 15.9. The summed E-state index contributed by atoms with van der Waals surface area (Å²) in [6.45, 7) is 11.4. The average Bonchev–Trinajstić information content (AvgIpc) is 3.36. The van der Waals surface area contributed by atoms with Crippen molar-refractivity contribution in [1.29, 1.82) is 0 Å². The molecule has 4 heterocycles. The van der Waals surface area contributed by atoms with Crippen molar-refractivity contribution in [3.8, 4) is 5.88 Å². The first kappa shape index (κ1) is 31.1. The van der Waals surface area contributed by atoms with Crippen LogP contribution in [0, 0.1) is 6.92 Å². The van der Waals surface area contributed by atoms with E-state index in [0.29, 0.717) is 36.9 Å². The van der Waals surface area contributed by atoms with Crippen molar-refractivity contribution in [2.45, 2.75) is 57.7 Å². The van der Waals surface area contributed by atoms with Gasteiger partial charge in [0, 0.05) is 49.9 Å². The van der Waals surface area contributed by atoms with Gasteiger partial charge in [-0.15, -0.1) is 0 Å². The first-order chi connectivity index (χ1) is 22.0. The third kappa shape index (κ3) is 7.69. The number of fused-ring (bicyclic) bond motifs is 1. The third-order valence-corrected chi connectivity index (χ3v) is 8.88. The number of hydrogen-bond donors (Lipinski definition) is 0. The number of aryl methyl sites for hydroxylation is 1. The Balaban J connectivity index is 1.03. The van der Waals surface area contributed by atoms with E-state index < -0.39 is 0 Å². The molecule has 1 aliphatic carbocycles. The Bertz CT molecular complexity index is 1590. The molecule has 6 rings (SSSR count). The predicted octanol–water partition coefficient (Wildman–Crippen LogP) is 5.92. The molecule has 1 atom stereocenters. The van der Waals surface area contributed by atoms with Crippen LogP contribution < -0.4 is 4.74 Å². The van der Waals surface area contributed by atoms with Gasteiger partial charge in [0.05, 0.1) is 43.4 Å². The van der Waals surface area contributed by atoms with E-state index in [4.69, 9.17) is 24.2 Å². The SMILES string of the molecule is C=NN(/C=C1/C=C(F)C(COc2cccc(C3CCN(Cc4nc5ccc(C)cc5n4CC4CCO4)CC3)n2)=CC1)CCOC. The molecular weight excluding hydrogens is 571 g/mol. The normalized spacial score (nSPS) is 20.2. The third-order valence-electron chi connectivity index (χ3n) is 8.88. The Labute approximate surface area is 264 Å². The minimum Gasteiger partial charge on any atom is -0.473 e. The second kappa shape index (κ2) is 14.5. The Kier molecular flexibility index (Phi) is 10.0. The molecule has 3 aromatic rings. The van der Waals surface area contributed by atoms with Crippen LogP contribution in [0.3, 0.4) is 0 Å². The second-order valence-electron chi connectivity index (χ2n) is 12.1. The van der Waals surface area contributed by atoms with Gasteiger partial charge in [0.25, 0.3) is 0 Å². The van der Waals surface area contributed by atoms with Crippen molar-refractivity contribution in [2.24, 2.45) is 5.10 Å². The second-order valence-corrected chi connectivity index (χ2v) is 12.1. The van der Waals surface area contributed by atoms with E-state index in [0.717, 1.165) is 74.7 Å². The lowest BCUT2D eigenvalue weighted by Crippen LogP contribution is -2.35. The summed E-state index contributed by atoms with van der Waals surface area (Å²) in [7, 11) is 1.63. The van der Waals surface area contributed by atoms with Crippen molar-refractivity contribution in [3.63, 3.8) is 0 Å². The lowest BCUT2D eigenvalue weighted by atomic mass is 9.93. The fraction of sp³-hybridized carbons (Fsp3) is 0.457. The highest BCUT2D eigenvalue weighted by atomic mass is 19.1. The number of ether oxygens (including phenoxy) is 3. The van der Waals surface area contributed by atoms with E-state index in [1.54, 1.807) is 18.3 Å². The molecule has 10 heteroatoms. The van der Waals surface area contributed by atoms with Gasteiger partial charge in [-0.25, -0.2) is 14.4 Å². The molecule has 0 saturated carbocycles. The number of piperidine rings is 1. The number of imidazole rings is 1. The molecular formula is C35H43FN6O3. The van der Waals surface area contributed by atoms with Gasteiger partial charge < -0.3 is 18.8 Å². The molecule has 1 unspecified atom stereocenters. The summed E-state index contributed by atoms with van der Waals surface area (Å²) in [5.41, 5.74) is 5.86. The minimum absolute atomic E-state index is 0.129. The Morgan fingerprint density at radius 1 is 1.18 bits per heavy atom. The average molecular weight is 615 g/mol. The highest BCUT2D eigenvalue weighted by Crippen LogP contribution is 2.30. The molecule has 2 aromatic heterocycles. The lowest BCUT2D eigenvalue weighted by molar-refractivity contribution is -0.0592. The van der Waals surface area contributed by atoms with Gasteiger partial charge in [-0.2, -0.15) is 5.10 Å². The standard InChI is InChI=1S/C35H43FN6O3/c1-25-7-10-32-33(19-25)42(22-29-13-17-44-29)34(38-32)23-40-14-11-27(12-15-40)31-5-4-6-35(39-31)45-24-28-9-8-26(20-30(28)36)21-41(37-2)16-18-43-3/h4-7,9-10,19-21,27,29H,2,8,11-18,22-24H2,1,3H3/b26-21+. The molecule has 3 aliphatic rings. The number of nitrogens with zero attached hydrogens (tertiary/aromatic N) is 6. The Morgan fingerprint density at radius 2 is 2.02 bits per heavy atom. The monoisotopic (exact) mass is 614 g/mol. The largest absolute Gasteiger partial charge is 0.473 e. The fourth-order valence-corrected chi connectivity index (χ4v) is 6.14. The minimum atomic E-state index is -0.310. The molecule has 0 N–H and O–H groups in total. The number of hydrogen-bond acceptors (Lipinski definition) is 8. The van der Waals surface area contributed by atoms with Crippen molar-refractivity contribution in [2.75, 3.05) is 46.6 Å². The van der Waals surface area contributed by atoms with E-state index in [9.17, 15) is 4.39 Å². The number of allylic oxidation sites excluding steroid dienone is 3. The van der Waals surface area contributed by atoms with Crippen LogP contribution in [-0.4, -0.2) is 83.8 Å². The summed E-state index contributed by atoms with van der Waals surface area (Å²) in [5.74, 6) is 1.68. The summed E-state index contributed by atoms with van der Waals surface area (Å²) >= 11 is 0. The van der Waals surface area contributed by atoms with Crippen LogP contribution in [0.2, 0.25) is 0 Å². The molecule has 238 valence electrons. The maximum Gasteiger partial charge on any atom is 0.213 e. The van der Waals surface area contributed by atoms with Crippen molar-refractivity contribution >= 4 is 17.8 Å². The van der Waals surface area contributed by atoms with Crippen LogP contribution in [0.25, 0.3) is 11.0 Å². The van der Waals surface area contributed by atoms with Crippen molar-refractivity contribution in [1.82, 2.24) is 24.4 Å².